The van der Waals surface area contributed by atoms with Gasteiger partial charge < -0.3 is 10.2 Å². The van der Waals surface area contributed by atoms with E-state index in [0.29, 0.717) is 12.1 Å². The highest BCUT2D eigenvalue weighted by atomic mass is 79.9. The summed E-state index contributed by atoms with van der Waals surface area (Å²) in [6.45, 7) is 7.77. The van der Waals surface area contributed by atoms with Crippen LogP contribution in [0.15, 0.2) is 22.7 Å². The molecule has 1 atom stereocenters. The van der Waals surface area contributed by atoms with Gasteiger partial charge in [0.1, 0.15) is 0 Å². The molecule has 2 nitrogen and oxygen atoms in total. The van der Waals surface area contributed by atoms with Gasteiger partial charge in [-0.15, -0.1) is 0 Å². The maximum Gasteiger partial charge on any atom is 0.0616 e. The number of nitrogens with zero attached hydrogens (tertiary/aromatic N) is 1. The van der Waals surface area contributed by atoms with E-state index in [0.717, 1.165) is 11.0 Å². The normalized spacial score (nSPS) is 20.1. The number of rotatable bonds is 1. The van der Waals surface area contributed by atoms with Crippen LogP contribution in [0, 0.1) is 0 Å². The zero-order chi connectivity index (χ0) is 11.0. The molecule has 3 heteroatoms. The van der Waals surface area contributed by atoms with Crippen LogP contribution >= 0.6 is 15.9 Å². The van der Waals surface area contributed by atoms with Crippen molar-refractivity contribution in [3.05, 3.63) is 22.7 Å². The van der Waals surface area contributed by atoms with Crippen molar-refractivity contribution in [2.45, 2.75) is 32.9 Å². The zero-order valence-corrected chi connectivity index (χ0v) is 11.0. The first-order valence-electron chi connectivity index (χ1n) is 5.40. The maximum absolute atomic E-state index is 3.53. The number of anilines is 2. The predicted molar refractivity (Wildman–Crippen MR) is 69.7 cm³/mol. The van der Waals surface area contributed by atoms with Crippen molar-refractivity contribution < 1.29 is 0 Å². The average Bonchev–Trinajstić information content (AvgIpc) is 2.17. The third-order valence-electron chi connectivity index (χ3n) is 2.77. The van der Waals surface area contributed by atoms with Crippen LogP contribution in [-0.2, 0) is 0 Å². The minimum absolute atomic E-state index is 0.515. The Morgan fingerprint density at radius 1 is 1.47 bits per heavy atom. The Kier molecular flexibility index (Phi) is 2.91. The third kappa shape index (κ3) is 2.12. The Morgan fingerprint density at radius 2 is 2.20 bits per heavy atom. The summed E-state index contributed by atoms with van der Waals surface area (Å²) in [5.74, 6) is 0. The van der Waals surface area contributed by atoms with Crippen molar-refractivity contribution in [2.75, 3.05) is 16.8 Å². The summed E-state index contributed by atoms with van der Waals surface area (Å²) < 4.78 is 1.14. The lowest BCUT2D eigenvalue weighted by atomic mass is 10.1. The molecular formula is C12H17BrN2. The summed E-state index contributed by atoms with van der Waals surface area (Å²) in [5.41, 5.74) is 2.54. The summed E-state index contributed by atoms with van der Waals surface area (Å²) in [7, 11) is 0. The third-order valence-corrected chi connectivity index (χ3v) is 3.26. The van der Waals surface area contributed by atoms with Crippen LogP contribution in [0.5, 0.6) is 0 Å². The lowest BCUT2D eigenvalue weighted by molar-refractivity contribution is 0.624. The Hall–Kier alpha value is -0.700. The summed E-state index contributed by atoms with van der Waals surface area (Å²) in [6, 6.07) is 7.48. The molecule has 1 aliphatic heterocycles. The van der Waals surface area contributed by atoms with Gasteiger partial charge in [-0.25, -0.2) is 0 Å². The van der Waals surface area contributed by atoms with Crippen LogP contribution in [0.3, 0.4) is 0 Å². The molecular weight excluding hydrogens is 252 g/mol. The Morgan fingerprint density at radius 3 is 2.87 bits per heavy atom. The molecule has 1 aliphatic rings. The second-order valence-electron chi connectivity index (χ2n) is 4.45. The van der Waals surface area contributed by atoms with Gasteiger partial charge in [-0.1, -0.05) is 15.9 Å². The van der Waals surface area contributed by atoms with Gasteiger partial charge in [-0.2, -0.15) is 0 Å². The van der Waals surface area contributed by atoms with Crippen molar-refractivity contribution in [1.82, 2.24) is 0 Å². The second-order valence-corrected chi connectivity index (χ2v) is 5.37. The van der Waals surface area contributed by atoms with E-state index in [9.17, 15) is 0 Å². The van der Waals surface area contributed by atoms with E-state index in [4.69, 9.17) is 0 Å². The summed E-state index contributed by atoms with van der Waals surface area (Å²) in [5, 5.41) is 3.51. The first-order chi connectivity index (χ1) is 7.08. The van der Waals surface area contributed by atoms with Crippen LogP contribution in [0.25, 0.3) is 0 Å². The number of hydrogen-bond donors (Lipinski definition) is 1. The molecule has 0 fully saturated rings. The maximum atomic E-state index is 3.53. The number of halogens is 1. The van der Waals surface area contributed by atoms with Crippen molar-refractivity contribution in [1.29, 1.82) is 0 Å². The number of benzene rings is 1. The van der Waals surface area contributed by atoms with Crippen molar-refractivity contribution in [3.63, 3.8) is 0 Å². The van der Waals surface area contributed by atoms with Crippen molar-refractivity contribution in [3.8, 4) is 0 Å². The van der Waals surface area contributed by atoms with Gasteiger partial charge in [-0.3, -0.25) is 0 Å². The van der Waals surface area contributed by atoms with E-state index >= 15 is 0 Å². The monoisotopic (exact) mass is 268 g/mol. The molecule has 0 spiro atoms. The summed E-state index contributed by atoms with van der Waals surface area (Å²) in [6.07, 6.45) is 0. The molecule has 1 aromatic rings. The van der Waals surface area contributed by atoms with Crippen LogP contribution in [0.2, 0.25) is 0 Å². The quantitative estimate of drug-likeness (QED) is 0.839. The minimum Gasteiger partial charge on any atom is -0.379 e. The van der Waals surface area contributed by atoms with Gasteiger partial charge in [-0.05, 0) is 39.0 Å². The Balaban J connectivity index is 2.43. The average molecular weight is 269 g/mol. The molecule has 0 amide bonds. The van der Waals surface area contributed by atoms with E-state index in [2.05, 4.69) is 65.1 Å². The van der Waals surface area contributed by atoms with Crippen LogP contribution in [-0.4, -0.2) is 18.6 Å². The molecule has 0 aliphatic carbocycles. The fraction of sp³-hybridized carbons (Fsp3) is 0.500. The first-order valence-corrected chi connectivity index (χ1v) is 6.20. The predicted octanol–water partition coefficient (Wildman–Crippen LogP) is 3.48. The van der Waals surface area contributed by atoms with Crippen molar-refractivity contribution in [2.24, 2.45) is 0 Å². The van der Waals surface area contributed by atoms with Gasteiger partial charge in [0, 0.05) is 23.1 Å². The van der Waals surface area contributed by atoms with Gasteiger partial charge in [0.2, 0.25) is 0 Å². The fourth-order valence-corrected chi connectivity index (χ4v) is 2.41. The lowest BCUT2D eigenvalue weighted by Crippen LogP contribution is -2.43. The van der Waals surface area contributed by atoms with Gasteiger partial charge in [0.05, 0.1) is 11.4 Å². The first kappa shape index (κ1) is 10.8. The smallest absolute Gasteiger partial charge is 0.0616 e. The van der Waals surface area contributed by atoms with Crippen LogP contribution in [0.4, 0.5) is 11.4 Å². The molecule has 82 valence electrons. The molecule has 0 aromatic heterocycles. The van der Waals surface area contributed by atoms with E-state index in [-0.39, 0.29) is 0 Å². The topological polar surface area (TPSA) is 15.3 Å². The molecule has 1 heterocycles. The standard InChI is InChI=1S/C12H17BrN2/c1-8(2)15-7-9(3)14-11-5-4-10(13)6-12(11)15/h4-6,8-9,14H,7H2,1-3H3. The zero-order valence-electron chi connectivity index (χ0n) is 9.42. The summed E-state index contributed by atoms with van der Waals surface area (Å²) in [4.78, 5) is 2.45. The molecule has 0 saturated carbocycles. The highest BCUT2D eigenvalue weighted by Crippen LogP contribution is 2.34. The molecule has 0 bridgehead atoms. The molecule has 1 unspecified atom stereocenters. The fourth-order valence-electron chi connectivity index (χ4n) is 2.06. The molecule has 15 heavy (non-hydrogen) atoms. The summed E-state index contributed by atoms with van der Waals surface area (Å²) >= 11 is 3.53. The van der Waals surface area contributed by atoms with Gasteiger partial charge in [0.25, 0.3) is 0 Å². The van der Waals surface area contributed by atoms with E-state index < -0.39 is 0 Å². The van der Waals surface area contributed by atoms with Crippen LogP contribution in [0.1, 0.15) is 20.8 Å². The van der Waals surface area contributed by atoms with Crippen molar-refractivity contribution >= 4 is 27.3 Å². The minimum atomic E-state index is 0.515. The second kappa shape index (κ2) is 4.05. The number of hydrogen-bond acceptors (Lipinski definition) is 2. The van der Waals surface area contributed by atoms with Crippen LogP contribution < -0.4 is 10.2 Å². The largest absolute Gasteiger partial charge is 0.379 e. The van der Waals surface area contributed by atoms with E-state index in [1.807, 2.05) is 0 Å². The Bertz CT molecular complexity index is 363. The lowest BCUT2D eigenvalue weighted by Gasteiger charge is -2.38. The van der Waals surface area contributed by atoms with Gasteiger partial charge >= 0.3 is 0 Å². The molecule has 0 radical (unpaired) electrons. The van der Waals surface area contributed by atoms with Gasteiger partial charge in [0.15, 0.2) is 0 Å². The molecule has 2 rings (SSSR count). The van der Waals surface area contributed by atoms with E-state index in [1.54, 1.807) is 0 Å². The highest BCUT2D eigenvalue weighted by molar-refractivity contribution is 9.10. The molecule has 1 N–H and O–H groups in total. The molecule has 1 aromatic carbocycles. The highest BCUT2D eigenvalue weighted by Gasteiger charge is 2.22. The SMILES string of the molecule is CC1CN(C(C)C)c2cc(Br)ccc2N1. The number of fused-ring (bicyclic) bond motifs is 1. The Labute approximate surface area is 99.8 Å². The van der Waals surface area contributed by atoms with E-state index in [1.165, 1.54) is 11.4 Å². The molecule has 0 saturated heterocycles. The number of nitrogens with one attached hydrogen (secondary N) is 1.